The summed E-state index contributed by atoms with van der Waals surface area (Å²) in [7, 11) is 0. The molecule has 1 heterocycles. The van der Waals surface area contributed by atoms with Crippen LogP contribution >= 0.6 is 22.9 Å². The number of phenolic OH excluding ortho intramolecular Hbond substituents is 1. The number of halogens is 1. The number of aromatic hydroxyl groups is 1. The van der Waals surface area contributed by atoms with E-state index in [1.807, 2.05) is 29.6 Å². The molecule has 0 radical (unpaired) electrons. The molecule has 1 aromatic heterocycles. The number of thiazole rings is 1. The third-order valence-electron chi connectivity index (χ3n) is 3.35. The van der Waals surface area contributed by atoms with E-state index in [1.165, 1.54) is 24.3 Å². The summed E-state index contributed by atoms with van der Waals surface area (Å²) in [6, 6.07) is 12.3. The van der Waals surface area contributed by atoms with Crippen molar-refractivity contribution >= 4 is 45.9 Å². The van der Waals surface area contributed by atoms with Gasteiger partial charge in [0.15, 0.2) is 0 Å². The van der Waals surface area contributed by atoms with Gasteiger partial charge in [-0.05, 0) is 35.9 Å². The second kappa shape index (κ2) is 7.99. The minimum atomic E-state index is -0.106. The molecular formula is C18H15ClN4O2S. The van der Waals surface area contributed by atoms with Crippen LogP contribution in [0.2, 0.25) is 5.02 Å². The smallest absolute Gasteiger partial charge is 0.221 e. The molecular weight excluding hydrogens is 372 g/mol. The van der Waals surface area contributed by atoms with Gasteiger partial charge < -0.3 is 10.4 Å². The number of hydrogen-bond donors (Lipinski definition) is 3. The zero-order valence-electron chi connectivity index (χ0n) is 13.7. The Kier molecular flexibility index (Phi) is 5.50. The molecule has 3 aromatic rings. The molecule has 0 bridgehead atoms. The highest BCUT2D eigenvalue weighted by atomic mass is 35.5. The van der Waals surface area contributed by atoms with E-state index in [9.17, 15) is 9.90 Å². The molecule has 2 aromatic carbocycles. The lowest BCUT2D eigenvalue weighted by atomic mass is 10.1. The summed E-state index contributed by atoms with van der Waals surface area (Å²) in [5, 5.41) is 19.1. The van der Waals surface area contributed by atoms with Crippen molar-refractivity contribution in [1.29, 1.82) is 0 Å². The Morgan fingerprint density at radius 2 is 2.04 bits per heavy atom. The van der Waals surface area contributed by atoms with E-state index in [0.29, 0.717) is 5.13 Å². The minimum Gasteiger partial charge on any atom is -0.506 e. The highest BCUT2D eigenvalue weighted by Gasteiger charge is 2.05. The van der Waals surface area contributed by atoms with Gasteiger partial charge in [0.1, 0.15) is 5.75 Å². The second-order valence-corrected chi connectivity index (χ2v) is 6.64. The van der Waals surface area contributed by atoms with E-state index in [4.69, 9.17) is 11.6 Å². The average molecular weight is 387 g/mol. The van der Waals surface area contributed by atoms with Crippen LogP contribution in [0.3, 0.4) is 0 Å². The summed E-state index contributed by atoms with van der Waals surface area (Å²) in [5.41, 5.74) is 6.12. The predicted molar refractivity (Wildman–Crippen MR) is 106 cm³/mol. The molecule has 6 nitrogen and oxygen atoms in total. The Morgan fingerprint density at radius 1 is 1.27 bits per heavy atom. The third kappa shape index (κ3) is 4.59. The fraction of sp³-hybridized carbons (Fsp3) is 0.0556. The van der Waals surface area contributed by atoms with Crippen molar-refractivity contribution in [3.05, 3.63) is 58.4 Å². The molecule has 0 saturated carbocycles. The van der Waals surface area contributed by atoms with E-state index in [2.05, 4.69) is 20.8 Å². The fourth-order valence-corrected chi connectivity index (χ4v) is 3.01. The van der Waals surface area contributed by atoms with Crippen molar-refractivity contribution in [3.63, 3.8) is 0 Å². The van der Waals surface area contributed by atoms with Gasteiger partial charge in [-0.3, -0.25) is 10.2 Å². The summed E-state index contributed by atoms with van der Waals surface area (Å²) in [5.74, 6) is -0.0727. The molecule has 0 spiro atoms. The SMILES string of the molecule is CC(=O)Nc1ccc(-c2csc(N/N=C\c3ccc(O)c(Cl)c3)n2)cc1. The van der Waals surface area contributed by atoms with Crippen molar-refractivity contribution < 1.29 is 9.90 Å². The zero-order valence-corrected chi connectivity index (χ0v) is 15.3. The van der Waals surface area contributed by atoms with Gasteiger partial charge in [0.25, 0.3) is 0 Å². The molecule has 8 heteroatoms. The van der Waals surface area contributed by atoms with Gasteiger partial charge in [-0.25, -0.2) is 4.98 Å². The zero-order chi connectivity index (χ0) is 18.5. The van der Waals surface area contributed by atoms with Crippen molar-refractivity contribution in [2.24, 2.45) is 5.10 Å². The van der Waals surface area contributed by atoms with Gasteiger partial charge in [-0.2, -0.15) is 5.10 Å². The fourth-order valence-electron chi connectivity index (χ4n) is 2.15. The number of aromatic nitrogens is 1. The number of amides is 1. The first-order valence-corrected chi connectivity index (χ1v) is 8.88. The van der Waals surface area contributed by atoms with Crippen LogP contribution in [0, 0.1) is 0 Å². The van der Waals surface area contributed by atoms with Crippen molar-refractivity contribution in [1.82, 2.24) is 4.98 Å². The van der Waals surface area contributed by atoms with Gasteiger partial charge in [0, 0.05) is 23.6 Å². The van der Waals surface area contributed by atoms with Crippen LogP contribution in [0.4, 0.5) is 10.8 Å². The maximum absolute atomic E-state index is 11.0. The number of benzene rings is 2. The normalized spacial score (nSPS) is 10.8. The Balaban J connectivity index is 1.65. The standard InChI is InChI=1S/C18H15ClN4O2S/c1-11(24)21-14-5-3-13(4-6-14)16-10-26-18(22-16)23-20-9-12-2-7-17(25)15(19)8-12/h2-10,25H,1H3,(H,21,24)(H,22,23)/b20-9-. The monoisotopic (exact) mass is 386 g/mol. The van der Waals surface area contributed by atoms with Gasteiger partial charge in [-0.1, -0.05) is 23.7 Å². The number of hydrogen-bond acceptors (Lipinski definition) is 6. The van der Waals surface area contributed by atoms with E-state index in [-0.39, 0.29) is 16.7 Å². The number of anilines is 2. The number of rotatable bonds is 5. The molecule has 3 rings (SSSR count). The first-order chi connectivity index (χ1) is 12.5. The average Bonchev–Trinajstić information content (AvgIpc) is 3.07. The van der Waals surface area contributed by atoms with E-state index in [0.717, 1.165) is 22.5 Å². The van der Waals surface area contributed by atoms with Gasteiger partial charge in [-0.15, -0.1) is 11.3 Å². The molecule has 0 unspecified atom stereocenters. The van der Waals surface area contributed by atoms with Crippen molar-refractivity contribution in [2.45, 2.75) is 6.92 Å². The maximum atomic E-state index is 11.0. The number of nitrogens with one attached hydrogen (secondary N) is 2. The Morgan fingerprint density at radius 3 is 2.73 bits per heavy atom. The second-order valence-electron chi connectivity index (χ2n) is 5.38. The largest absolute Gasteiger partial charge is 0.506 e. The van der Waals surface area contributed by atoms with Crippen LogP contribution in [-0.2, 0) is 4.79 Å². The highest BCUT2D eigenvalue weighted by molar-refractivity contribution is 7.14. The van der Waals surface area contributed by atoms with Crippen molar-refractivity contribution in [2.75, 3.05) is 10.7 Å². The summed E-state index contributed by atoms with van der Waals surface area (Å²) < 4.78 is 0. The van der Waals surface area contributed by atoms with Gasteiger partial charge in [0.2, 0.25) is 11.0 Å². The molecule has 0 aliphatic heterocycles. The highest BCUT2D eigenvalue weighted by Crippen LogP contribution is 2.26. The lowest BCUT2D eigenvalue weighted by molar-refractivity contribution is -0.114. The van der Waals surface area contributed by atoms with Crippen LogP contribution in [0.25, 0.3) is 11.3 Å². The van der Waals surface area contributed by atoms with Crippen LogP contribution in [0.15, 0.2) is 52.9 Å². The van der Waals surface area contributed by atoms with Crippen LogP contribution in [0.5, 0.6) is 5.75 Å². The molecule has 0 fully saturated rings. The number of carbonyl (C=O) groups is 1. The van der Waals surface area contributed by atoms with E-state index >= 15 is 0 Å². The number of phenols is 1. The lowest BCUT2D eigenvalue weighted by Gasteiger charge is -2.02. The topological polar surface area (TPSA) is 86.6 Å². The van der Waals surface area contributed by atoms with Crippen LogP contribution < -0.4 is 10.7 Å². The minimum absolute atomic E-state index is 0.0332. The summed E-state index contributed by atoms with van der Waals surface area (Å²) in [6.45, 7) is 1.47. The summed E-state index contributed by atoms with van der Waals surface area (Å²) >= 11 is 7.28. The molecule has 0 saturated heterocycles. The number of nitrogens with zero attached hydrogens (tertiary/aromatic N) is 2. The molecule has 3 N–H and O–H groups in total. The number of carbonyl (C=O) groups excluding carboxylic acids is 1. The van der Waals surface area contributed by atoms with E-state index < -0.39 is 0 Å². The molecule has 132 valence electrons. The molecule has 0 aliphatic rings. The van der Waals surface area contributed by atoms with Crippen molar-refractivity contribution in [3.8, 4) is 17.0 Å². The first kappa shape index (κ1) is 17.9. The summed E-state index contributed by atoms with van der Waals surface area (Å²) in [4.78, 5) is 15.5. The van der Waals surface area contributed by atoms with Gasteiger partial charge in [0.05, 0.1) is 16.9 Å². The Hall–Kier alpha value is -2.90. The molecule has 1 amide bonds. The van der Waals surface area contributed by atoms with Crippen LogP contribution in [-0.4, -0.2) is 22.2 Å². The lowest BCUT2D eigenvalue weighted by Crippen LogP contribution is -2.05. The van der Waals surface area contributed by atoms with Crippen LogP contribution in [0.1, 0.15) is 12.5 Å². The van der Waals surface area contributed by atoms with Gasteiger partial charge >= 0.3 is 0 Å². The maximum Gasteiger partial charge on any atom is 0.221 e. The summed E-state index contributed by atoms with van der Waals surface area (Å²) in [6.07, 6.45) is 1.59. The first-order valence-electron chi connectivity index (χ1n) is 7.62. The third-order valence-corrected chi connectivity index (χ3v) is 4.40. The predicted octanol–water partition coefficient (Wildman–Crippen LogP) is 4.57. The number of hydrazone groups is 1. The Labute approximate surface area is 159 Å². The van der Waals surface area contributed by atoms with E-state index in [1.54, 1.807) is 18.3 Å². The Bertz CT molecular complexity index is 954. The molecule has 0 atom stereocenters. The molecule has 0 aliphatic carbocycles. The molecule has 26 heavy (non-hydrogen) atoms. The quantitative estimate of drug-likeness (QED) is 0.442.